The van der Waals surface area contributed by atoms with Crippen molar-refractivity contribution in [3.8, 4) is 0 Å². The highest BCUT2D eigenvalue weighted by Crippen LogP contribution is 2.22. The molecule has 1 unspecified atom stereocenters. The second kappa shape index (κ2) is 8.41. The van der Waals surface area contributed by atoms with Gasteiger partial charge in [0.25, 0.3) is 0 Å². The van der Waals surface area contributed by atoms with Crippen LogP contribution in [0.1, 0.15) is 22.9 Å². The molecule has 0 aliphatic rings. The van der Waals surface area contributed by atoms with E-state index in [0.29, 0.717) is 5.69 Å². The summed E-state index contributed by atoms with van der Waals surface area (Å²) >= 11 is 5.98. The molecule has 3 rings (SSSR count). The number of pyridine rings is 1. The first-order valence-electron chi connectivity index (χ1n) is 8.03. The molecule has 1 heterocycles. The van der Waals surface area contributed by atoms with Crippen LogP contribution in [0.5, 0.6) is 0 Å². The number of hydrogen-bond acceptors (Lipinski definition) is 2. The first-order valence-corrected chi connectivity index (χ1v) is 8.41. The van der Waals surface area contributed by atoms with Gasteiger partial charge in [-0.05, 0) is 35.9 Å². The van der Waals surface area contributed by atoms with E-state index in [4.69, 9.17) is 11.6 Å². The van der Waals surface area contributed by atoms with Gasteiger partial charge in [-0.2, -0.15) is 0 Å². The number of aromatic nitrogens is 1. The maximum atomic E-state index is 13.8. The third-order valence-electron chi connectivity index (χ3n) is 3.80. The van der Waals surface area contributed by atoms with Crippen LogP contribution < -0.4 is 5.32 Å². The molecular formula is C21H16ClFN2O. The van der Waals surface area contributed by atoms with Gasteiger partial charge in [-0.15, -0.1) is 0 Å². The number of rotatable bonds is 5. The van der Waals surface area contributed by atoms with Crippen molar-refractivity contribution in [1.29, 1.82) is 0 Å². The van der Waals surface area contributed by atoms with Crippen molar-refractivity contribution in [1.82, 2.24) is 10.3 Å². The normalized spacial score (nSPS) is 12.1. The number of carbonyl (C=O) groups is 1. The minimum atomic E-state index is -0.481. The number of benzene rings is 2. The fourth-order valence-electron chi connectivity index (χ4n) is 2.54. The van der Waals surface area contributed by atoms with Crippen LogP contribution in [0, 0.1) is 5.82 Å². The van der Waals surface area contributed by atoms with Gasteiger partial charge in [0.2, 0.25) is 5.91 Å². The molecule has 2 aromatic carbocycles. The van der Waals surface area contributed by atoms with Crippen molar-refractivity contribution < 1.29 is 9.18 Å². The standard InChI is InChI=1S/C21H16ClFN2O/c22-17-9-6-10-18(23)16(17)12-13-20(26)25-21(15-7-2-1-3-8-15)19-11-4-5-14-24-19/h1-14,21H,(H,25,26)/b13-12+. The van der Waals surface area contributed by atoms with Crippen molar-refractivity contribution in [3.63, 3.8) is 0 Å². The summed E-state index contributed by atoms with van der Waals surface area (Å²) in [5, 5.41) is 3.15. The van der Waals surface area contributed by atoms with Crippen LogP contribution in [0.3, 0.4) is 0 Å². The molecule has 5 heteroatoms. The lowest BCUT2D eigenvalue weighted by Crippen LogP contribution is -2.28. The summed E-state index contributed by atoms with van der Waals surface area (Å²) in [5.74, 6) is -0.852. The molecule has 1 amide bonds. The van der Waals surface area contributed by atoms with Crippen LogP contribution in [-0.4, -0.2) is 10.9 Å². The third-order valence-corrected chi connectivity index (χ3v) is 4.13. The highest BCUT2D eigenvalue weighted by atomic mass is 35.5. The lowest BCUT2D eigenvalue weighted by molar-refractivity contribution is -0.116. The summed E-state index contributed by atoms with van der Waals surface area (Å²) in [7, 11) is 0. The largest absolute Gasteiger partial charge is 0.340 e. The average Bonchev–Trinajstić information content (AvgIpc) is 2.67. The van der Waals surface area contributed by atoms with E-state index in [1.54, 1.807) is 12.3 Å². The predicted molar refractivity (Wildman–Crippen MR) is 101 cm³/mol. The van der Waals surface area contributed by atoms with Crippen molar-refractivity contribution in [2.45, 2.75) is 6.04 Å². The first-order chi connectivity index (χ1) is 12.6. The Morgan fingerprint density at radius 3 is 2.50 bits per heavy atom. The van der Waals surface area contributed by atoms with Crippen LogP contribution in [-0.2, 0) is 4.79 Å². The summed E-state index contributed by atoms with van der Waals surface area (Å²) in [5.41, 5.74) is 1.79. The van der Waals surface area contributed by atoms with Crippen LogP contribution in [0.2, 0.25) is 5.02 Å². The van der Waals surface area contributed by atoms with Gasteiger partial charge in [-0.25, -0.2) is 4.39 Å². The van der Waals surface area contributed by atoms with E-state index in [2.05, 4.69) is 10.3 Å². The molecule has 130 valence electrons. The van der Waals surface area contributed by atoms with Crippen LogP contribution in [0.15, 0.2) is 79.0 Å². The van der Waals surface area contributed by atoms with Gasteiger partial charge in [0.05, 0.1) is 16.8 Å². The van der Waals surface area contributed by atoms with Crippen LogP contribution >= 0.6 is 11.6 Å². The van der Waals surface area contributed by atoms with Crippen molar-refractivity contribution in [2.75, 3.05) is 0 Å². The van der Waals surface area contributed by atoms with Gasteiger partial charge >= 0.3 is 0 Å². The zero-order valence-corrected chi connectivity index (χ0v) is 14.5. The molecule has 0 fully saturated rings. The summed E-state index contributed by atoms with van der Waals surface area (Å²) in [6, 6.07) is 19.0. The SMILES string of the molecule is O=C(/C=C/c1c(F)cccc1Cl)NC(c1ccccc1)c1ccccn1. The molecule has 0 bridgehead atoms. The zero-order chi connectivity index (χ0) is 18.4. The molecule has 0 spiro atoms. The van der Waals surface area contributed by atoms with Gasteiger partial charge in [0.1, 0.15) is 5.82 Å². The lowest BCUT2D eigenvalue weighted by Gasteiger charge is -2.18. The van der Waals surface area contributed by atoms with Gasteiger partial charge in [-0.1, -0.05) is 54.1 Å². The number of carbonyl (C=O) groups excluding carboxylic acids is 1. The molecule has 26 heavy (non-hydrogen) atoms. The summed E-state index contributed by atoms with van der Waals surface area (Å²) < 4.78 is 13.8. The predicted octanol–water partition coefficient (Wildman–Crippen LogP) is 4.79. The van der Waals surface area contributed by atoms with E-state index in [0.717, 1.165) is 5.56 Å². The maximum absolute atomic E-state index is 13.8. The van der Waals surface area contributed by atoms with E-state index >= 15 is 0 Å². The van der Waals surface area contributed by atoms with Crippen molar-refractivity contribution >= 4 is 23.6 Å². The average molecular weight is 367 g/mol. The minimum Gasteiger partial charge on any atom is -0.340 e. The van der Waals surface area contributed by atoms with Gasteiger partial charge in [0, 0.05) is 17.8 Å². The lowest BCUT2D eigenvalue weighted by atomic mass is 10.0. The maximum Gasteiger partial charge on any atom is 0.244 e. The van der Waals surface area contributed by atoms with E-state index in [1.165, 1.54) is 24.3 Å². The van der Waals surface area contributed by atoms with Crippen molar-refractivity contribution in [2.24, 2.45) is 0 Å². The molecule has 0 aliphatic carbocycles. The molecule has 1 atom stereocenters. The zero-order valence-electron chi connectivity index (χ0n) is 13.8. The second-order valence-corrected chi connectivity index (χ2v) is 5.98. The highest BCUT2D eigenvalue weighted by Gasteiger charge is 2.16. The molecule has 0 radical (unpaired) electrons. The summed E-state index contributed by atoms with van der Waals surface area (Å²) in [6.45, 7) is 0. The Bertz CT molecular complexity index is 854. The number of nitrogens with one attached hydrogen (secondary N) is 1. The van der Waals surface area contributed by atoms with E-state index in [1.807, 2.05) is 48.5 Å². The second-order valence-electron chi connectivity index (χ2n) is 5.58. The fraction of sp³-hybridized carbons (Fsp3) is 0.0476. The highest BCUT2D eigenvalue weighted by molar-refractivity contribution is 6.32. The summed E-state index contributed by atoms with van der Waals surface area (Å²) in [4.78, 5) is 16.7. The molecule has 0 saturated heterocycles. The summed E-state index contributed by atoms with van der Waals surface area (Å²) in [6.07, 6.45) is 4.31. The van der Waals surface area contributed by atoms with Gasteiger partial charge in [-0.3, -0.25) is 9.78 Å². The Kier molecular flexibility index (Phi) is 5.77. The number of nitrogens with zero attached hydrogens (tertiary/aromatic N) is 1. The molecule has 1 aromatic heterocycles. The first kappa shape index (κ1) is 17.8. The smallest absolute Gasteiger partial charge is 0.244 e. The Balaban J connectivity index is 1.83. The minimum absolute atomic E-state index is 0.179. The van der Waals surface area contributed by atoms with Crippen LogP contribution in [0.4, 0.5) is 4.39 Å². The number of hydrogen-bond donors (Lipinski definition) is 1. The van der Waals surface area contributed by atoms with Crippen molar-refractivity contribution in [3.05, 3.63) is 107 Å². The number of amides is 1. The third kappa shape index (κ3) is 4.35. The molecule has 1 N–H and O–H groups in total. The number of halogens is 2. The molecule has 0 saturated carbocycles. The molecule has 3 nitrogen and oxygen atoms in total. The van der Waals surface area contributed by atoms with Gasteiger partial charge in [0.15, 0.2) is 0 Å². The topological polar surface area (TPSA) is 42.0 Å². The van der Waals surface area contributed by atoms with Gasteiger partial charge < -0.3 is 5.32 Å². The monoisotopic (exact) mass is 366 g/mol. The van der Waals surface area contributed by atoms with Crippen LogP contribution in [0.25, 0.3) is 6.08 Å². The molecule has 3 aromatic rings. The van der Waals surface area contributed by atoms with E-state index in [9.17, 15) is 9.18 Å². The fourth-order valence-corrected chi connectivity index (χ4v) is 2.77. The Labute approximate surface area is 156 Å². The molecule has 0 aliphatic heterocycles. The van der Waals surface area contributed by atoms with E-state index < -0.39 is 11.9 Å². The Hall–Kier alpha value is -2.98. The Morgan fingerprint density at radius 2 is 1.81 bits per heavy atom. The quantitative estimate of drug-likeness (QED) is 0.659. The molecular weight excluding hydrogens is 351 g/mol. The Morgan fingerprint density at radius 1 is 1.04 bits per heavy atom. The van der Waals surface area contributed by atoms with E-state index in [-0.39, 0.29) is 16.5 Å².